The Morgan fingerprint density at radius 3 is 2.43 bits per heavy atom. The quantitative estimate of drug-likeness (QED) is 0.592. The van der Waals surface area contributed by atoms with E-state index in [2.05, 4.69) is 5.32 Å². The number of benzene rings is 2. The van der Waals surface area contributed by atoms with Crippen molar-refractivity contribution in [3.63, 3.8) is 0 Å². The topological polar surface area (TPSA) is 84.9 Å². The van der Waals surface area contributed by atoms with Crippen LogP contribution in [0.4, 0.5) is 0 Å². The molecule has 2 aromatic carbocycles. The number of ether oxygens (including phenoxy) is 2. The molecule has 2 aromatic rings. The number of halogens is 1. The molecular formula is C21H27ClN2O5S. The van der Waals surface area contributed by atoms with E-state index < -0.39 is 15.9 Å². The van der Waals surface area contributed by atoms with Crippen LogP contribution in [0.15, 0.2) is 47.4 Å². The molecule has 0 aliphatic heterocycles. The smallest absolute Gasteiger partial charge is 0.258 e. The van der Waals surface area contributed by atoms with Gasteiger partial charge in [0, 0.05) is 23.7 Å². The van der Waals surface area contributed by atoms with E-state index in [4.69, 9.17) is 21.1 Å². The Labute approximate surface area is 183 Å². The van der Waals surface area contributed by atoms with Gasteiger partial charge in [0.2, 0.25) is 10.0 Å². The van der Waals surface area contributed by atoms with Gasteiger partial charge in [-0.2, -0.15) is 4.31 Å². The molecule has 30 heavy (non-hydrogen) atoms. The van der Waals surface area contributed by atoms with Crippen molar-refractivity contribution in [2.24, 2.45) is 0 Å². The summed E-state index contributed by atoms with van der Waals surface area (Å²) >= 11 is 6.01. The second kappa shape index (κ2) is 10.7. The summed E-state index contributed by atoms with van der Waals surface area (Å²) in [5.41, 5.74) is 0.824. The summed E-state index contributed by atoms with van der Waals surface area (Å²) in [5.74, 6) is 0.345. The Kier molecular flexibility index (Phi) is 8.52. The minimum Gasteiger partial charge on any atom is -0.496 e. The van der Waals surface area contributed by atoms with E-state index in [1.54, 1.807) is 21.0 Å². The van der Waals surface area contributed by atoms with Crippen molar-refractivity contribution in [2.75, 3.05) is 26.8 Å². The first-order chi connectivity index (χ1) is 14.2. The molecule has 0 saturated carbocycles. The Balaban J connectivity index is 2.15. The molecule has 0 saturated heterocycles. The van der Waals surface area contributed by atoms with Crippen LogP contribution >= 0.6 is 11.6 Å². The summed E-state index contributed by atoms with van der Waals surface area (Å²) in [7, 11) is -2.24. The number of amides is 1. The van der Waals surface area contributed by atoms with Crippen LogP contribution in [0.1, 0.15) is 32.4 Å². The molecule has 0 heterocycles. The second-order valence-corrected chi connectivity index (χ2v) is 8.84. The number of nitrogens with zero attached hydrogens (tertiary/aromatic N) is 1. The highest BCUT2D eigenvalue weighted by Gasteiger charge is 2.26. The van der Waals surface area contributed by atoms with Crippen molar-refractivity contribution in [1.82, 2.24) is 9.62 Å². The predicted octanol–water partition coefficient (Wildman–Crippen LogP) is 3.64. The summed E-state index contributed by atoms with van der Waals surface area (Å²) in [5, 5.41) is 3.09. The first-order valence-electron chi connectivity index (χ1n) is 9.59. The van der Waals surface area contributed by atoms with Gasteiger partial charge < -0.3 is 14.8 Å². The lowest BCUT2D eigenvalue weighted by atomic mass is 10.1. The third-order valence-corrected chi connectivity index (χ3v) is 6.88. The van der Waals surface area contributed by atoms with Crippen molar-refractivity contribution in [2.45, 2.75) is 31.7 Å². The van der Waals surface area contributed by atoms with Crippen molar-refractivity contribution in [1.29, 1.82) is 0 Å². The van der Waals surface area contributed by atoms with E-state index in [1.165, 1.54) is 22.5 Å². The normalized spacial score (nSPS) is 12.5. The van der Waals surface area contributed by atoms with Gasteiger partial charge >= 0.3 is 0 Å². The largest absolute Gasteiger partial charge is 0.496 e. The highest BCUT2D eigenvalue weighted by Crippen LogP contribution is 2.30. The van der Waals surface area contributed by atoms with E-state index in [0.29, 0.717) is 18.8 Å². The minimum atomic E-state index is -3.80. The fourth-order valence-electron chi connectivity index (χ4n) is 3.03. The van der Waals surface area contributed by atoms with Crippen LogP contribution in [0.5, 0.6) is 11.5 Å². The summed E-state index contributed by atoms with van der Waals surface area (Å²) in [4.78, 5) is 12.3. The molecule has 0 radical (unpaired) electrons. The zero-order valence-electron chi connectivity index (χ0n) is 17.5. The zero-order chi connectivity index (χ0) is 22.3. The minimum absolute atomic E-state index is 0.0655. The van der Waals surface area contributed by atoms with E-state index in [-0.39, 0.29) is 28.3 Å². The molecule has 9 heteroatoms. The van der Waals surface area contributed by atoms with E-state index in [1.807, 2.05) is 31.2 Å². The lowest BCUT2D eigenvalue weighted by molar-refractivity contribution is -0.123. The van der Waals surface area contributed by atoms with Gasteiger partial charge in [-0.15, -0.1) is 0 Å². The first-order valence-corrected chi connectivity index (χ1v) is 11.4. The van der Waals surface area contributed by atoms with E-state index >= 15 is 0 Å². The zero-order valence-corrected chi connectivity index (χ0v) is 19.1. The molecule has 0 unspecified atom stereocenters. The van der Waals surface area contributed by atoms with Crippen LogP contribution in [0.25, 0.3) is 0 Å². The van der Waals surface area contributed by atoms with Gasteiger partial charge in [-0.1, -0.05) is 43.6 Å². The Hall–Kier alpha value is -2.29. The first kappa shape index (κ1) is 24.0. The third-order valence-electron chi connectivity index (χ3n) is 4.57. The average Bonchev–Trinajstić information content (AvgIpc) is 2.73. The van der Waals surface area contributed by atoms with Crippen molar-refractivity contribution in [3.8, 4) is 11.5 Å². The SMILES string of the molecule is CCN(CC)S(=O)(=O)c1cc(Cl)ccc1OCC(=O)N[C@H](C)c1ccccc1OC. The maximum Gasteiger partial charge on any atom is 0.258 e. The molecule has 1 N–H and O–H groups in total. The van der Waals surface area contributed by atoms with Crippen LogP contribution in [0.3, 0.4) is 0 Å². The van der Waals surface area contributed by atoms with E-state index in [9.17, 15) is 13.2 Å². The molecule has 7 nitrogen and oxygen atoms in total. The van der Waals surface area contributed by atoms with Crippen molar-refractivity contribution >= 4 is 27.5 Å². The summed E-state index contributed by atoms with van der Waals surface area (Å²) in [6.45, 7) is 5.59. The maximum absolute atomic E-state index is 12.9. The molecule has 2 rings (SSSR count). The summed E-state index contributed by atoms with van der Waals surface area (Å²) < 4.78 is 38.0. The molecule has 0 aliphatic carbocycles. The molecule has 0 aliphatic rings. The molecule has 0 aromatic heterocycles. The van der Waals surface area contributed by atoms with Gasteiger partial charge in [-0.05, 0) is 31.2 Å². The number of nitrogens with one attached hydrogen (secondary N) is 1. The van der Waals surface area contributed by atoms with Crippen LogP contribution in [-0.2, 0) is 14.8 Å². The third kappa shape index (κ3) is 5.65. The fourth-order valence-corrected chi connectivity index (χ4v) is 4.89. The fraction of sp³-hybridized carbons (Fsp3) is 0.381. The number of rotatable bonds is 10. The van der Waals surface area contributed by atoms with Gasteiger partial charge in [0.15, 0.2) is 6.61 Å². The number of sulfonamides is 1. The van der Waals surface area contributed by atoms with Gasteiger partial charge in [0.05, 0.1) is 13.2 Å². The maximum atomic E-state index is 12.9. The van der Waals surface area contributed by atoms with Crippen LogP contribution < -0.4 is 14.8 Å². The number of methoxy groups -OCH3 is 1. The van der Waals surface area contributed by atoms with Crippen LogP contribution in [-0.4, -0.2) is 45.4 Å². The summed E-state index contributed by atoms with van der Waals surface area (Å²) in [6.07, 6.45) is 0. The number of carbonyl (C=O) groups excluding carboxylic acids is 1. The Morgan fingerprint density at radius 1 is 1.13 bits per heavy atom. The highest BCUT2D eigenvalue weighted by molar-refractivity contribution is 7.89. The molecule has 0 bridgehead atoms. The second-order valence-electron chi connectivity index (χ2n) is 6.50. The number of hydrogen-bond acceptors (Lipinski definition) is 5. The van der Waals surface area contributed by atoms with Gasteiger partial charge in [0.25, 0.3) is 5.91 Å². The molecule has 0 spiro atoms. The number of carbonyl (C=O) groups is 1. The van der Waals surface area contributed by atoms with Crippen LogP contribution in [0, 0.1) is 0 Å². The molecule has 1 atom stereocenters. The molecule has 1 amide bonds. The van der Waals surface area contributed by atoms with Crippen LogP contribution in [0.2, 0.25) is 5.02 Å². The molecular weight excluding hydrogens is 428 g/mol. The Bertz CT molecular complexity index is 977. The molecule has 0 fully saturated rings. The predicted molar refractivity (Wildman–Crippen MR) is 117 cm³/mol. The van der Waals surface area contributed by atoms with Gasteiger partial charge in [-0.25, -0.2) is 8.42 Å². The number of para-hydroxylation sites is 1. The lowest BCUT2D eigenvalue weighted by Gasteiger charge is -2.21. The standard InChI is InChI=1S/C21H27ClN2O5S/c1-5-24(6-2)30(26,27)20-13-16(22)11-12-19(20)29-14-21(25)23-15(3)17-9-7-8-10-18(17)28-4/h7-13,15H,5-6,14H2,1-4H3,(H,23,25)/t15-/m1/s1. The lowest BCUT2D eigenvalue weighted by Crippen LogP contribution is -2.33. The van der Waals surface area contributed by atoms with E-state index in [0.717, 1.165) is 5.56 Å². The highest BCUT2D eigenvalue weighted by atomic mass is 35.5. The molecule has 164 valence electrons. The Morgan fingerprint density at radius 2 is 1.80 bits per heavy atom. The average molecular weight is 455 g/mol. The van der Waals surface area contributed by atoms with Gasteiger partial charge in [0.1, 0.15) is 16.4 Å². The summed E-state index contributed by atoms with van der Waals surface area (Å²) in [6, 6.07) is 11.4. The van der Waals surface area contributed by atoms with Crippen molar-refractivity contribution < 1.29 is 22.7 Å². The van der Waals surface area contributed by atoms with Gasteiger partial charge in [-0.3, -0.25) is 4.79 Å². The number of hydrogen-bond donors (Lipinski definition) is 1. The monoisotopic (exact) mass is 454 g/mol. The van der Waals surface area contributed by atoms with Crippen molar-refractivity contribution in [3.05, 3.63) is 53.1 Å².